The van der Waals surface area contributed by atoms with E-state index in [0.717, 1.165) is 38.5 Å². The first kappa shape index (κ1) is 11.6. The summed E-state index contributed by atoms with van der Waals surface area (Å²) in [5.74, 6) is -0.285. The van der Waals surface area contributed by atoms with Gasteiger partial charge >= 0.3 is 5.97 Å². The average molecular weight is 224 g/mol. The number of aliphatic hydroxyl groups is 1. The molecular formula is C13H20O3. The quantitative estimate of drug-likeness (QED) is 0.548. The van der Waals surface area contributed by atoms with Gasteiger partial charge in [-0.3, -0.25) is 4.79 Å². The SMILES string of the molecule is CC(=O)OC1CC2(CC=CCC2)CCC1O. The predicted octanol–water partition coefficient (Wildman–Crippen LogP) is 2.19. The lowest BCUT2D eigenvalue weighted by atomic mass is 9.66. The summed E-state index contributed by atoms with van der Waals surface area (Å²) < 4.78 is 5.22. The second-order valence-corrected chi connectivity index (χ2v) is 5.17. The summed E-state index contributed by atoms with van der Waals surface area (Å²) in [5.41, 5.74) is 0.272. The van der Waals surface area contributed by atoms with Crippen molar-refractivity contribution in [3.63, 3.8) is 0 Å². The van der Waals surface area contributed by atoms with Crippen molar-refractivity contribution in [2.45, 2.75) is 57.7 Å². The first-order chi connectivity index (χ1) is 7.61. The molecule has 0 amide bonds. The van der Waals surface area contributed by atoms with Gasteiger partial charge < -0.3 is 9.84 Å². The molecule has 0 aromatic rings. The van der Waals surface area contributed by atoms with Crippen LogP contribution in [0.3, 0.4) is 0 Å². The Kier molecular flexibility index (Phi) is 3.33. The number of ether oxygens (including phenoxy) is 1. The summed E-state index contributed by atoms with van der Waals surface area (Å²) in [7, 11) is 0. The van der Waals surface area contributed by atoms with Gasteiger partial charge in [0.1, 0.15) is 6.10 Å². The van der Waals surface area contributed by atoms with Gasteiger partial charge in [-0.25, -0.2) is 0 Å². The van der Waals surface area contributed by atoms with Crippen molar-refractivity contribution in [3.8, 4) is 0 Å². The Bertz CT molecular complexity index is 298. The van der Waals surface area contributed by atoms with Gasteiger partial charge in [-0.05, 0) is 43.9 Å². The number of aliphatic hydroxyl groups excluding tert-OH is 1. The average Bonchev–Trinajstić information content (AvgIpc) is 2.24. The van der Waals surface area contributed by atoms with E-state index in [2.05, 4.69) is 12.2 Å². The molecule has 1 fully saturated rings. The van der Waals surface area contributed by atoms with Crippen molar-refractivity contribution in [1.82, 2.24) is 0 Å². The van der Waals surface area contributed by atoms with E-state index in [1.54, 1.807) is 0 Å². The molecule has 2 aliphatic carbocycles. The van der Waals surface area contributed by atoms with Crippen molar-refractivity contribution >= 4 is 5.97 Å². The minimum Gasteiger partial charge on any atom is -0.460 e. The van der Waals surface area contributed by atoms with Crippen molar-refractivity contribution in [2.75, 3.05) is 0 Å². The molecule has 0 aliphatic heterocycles. The van der Waals surface area contributed by atoms with Crippen LogP contribution in [0.2, 0.25) is 0 Å². The Balaban J connectivity index is 2.03. The fourth-order valence-corrected chi connectivity index (χ4v) is 2.99. The Hall–Kier alpha value is -0.830. The van der Waals surface area contributed by atoms with Crippen molar-refractivity contribution in [1.29, 1.82) is 0 Å². The third-order valence-electron chi connectivity index (χ3n) is 3.91. The molecule has 0 heterocycles. The monoisotopic (exact) mass is 224 g/mol. The zero-order valence-corrected chi connectivity index (χ0v) is 9.82. The van der Waals surface area contributed by atoms with Crippen LogP contribution in [0, 0.1) is 5.41 Å². The molecule has 0 aromatic heterocycles. The smallest absolute Gasteiger partial charge is 0.302 e. The van der Waals surface area contributed by atoms with E-state index < -0.39 is 6.10 Å². The maximum absolute atomic E-state index is 11.0. The van der Waals surface area contributed by atoms with Crippen LogP contribution in [-0.2, 0) is 9.53 Å². The lowest BCUT2D eigenvalue weighted by molar-refractivity contribution is -0.159. The molecule has 2 rings (SSSR count). The first-order valence-electron chi connectivity index (χ1n) is 6.12. The van der Waals surface area contributed by atoms with Gasteiger partial charge in [0, 0.05) is 6.92 Å². The Morgan fingerprint density at radius 1 is 1.44 bits per heavy atom. The highest BCUT2D eigenvalue weighted by atomic mass is 16.6. The standard InChI is InChI=1S/C13H20O3/c1-10(14)16-12-9-13(8-5-11(12)15)6-3-2-4-7-13/h2-3,11-12,15H,4-9H2,1H3. The molecule has 90 valence electrons. The molecule has 3 atom stereocenters. The van der Waals surface area contributed by atoms with Crippen LogP contribution >= 0.6 is 0 Å². The van der Waals surface area contributed by atoms with Gasteiger partial charge in [0.25, 0.3) is 0 Å². The molecule has 1 N–H and O–H groups in total. The molecule has 0 saturated heterocycles. The molecule has 0 radical (unpaired) electrons. The van der Waals surface area contributed by atoms with Gasteiger partial charge in [0.2, 0.25) is 0 Å². The van der Waals surface area contributed by atoms with Gasteiger partial charge in [-0.15, -0.1) is 0 Å². The van der Waals surface area contributed by atoms with E-state index in [9.17, 15) is 9.90 Å². The Labute approximate surface area is 96.5 Å². The molecular weight excluding hydrogens is 204 g/mol. The number of allylic oxidation sites excluding steroid dienone is 2. The molecule has 2 aliphatic rings. The zero-order chi connectivity index (χ0) is 11.6. The summed E-state index contributed by atoms with van der Waals surface area (Å²) >= 11 is 0. The largest absolute Gasteiger partial charge is 0.460 e. The highest BCUT2D eigenvalue weighted by Gasteiger charge is 2.41. The molecule has 1 spiro atoms. The minimum atomic E-state index is -0.472. The third kappa shape index (κ3) is 2.46. The molecule has 0 aromatic carbocycles. The number of rotatable bonds is 1. The fourth-order valence-electron chi connectivity index (χ4n) is 2.99. The number of carbonyl (C=O) groups excluding carboxylic acids is 1. The van der Waals surface area contributed by atoms with Crippen LogP contribution in [0.4, 0.5) is 0 Å². The van der Waals surface area contributed by atoms with E-state index in [1.165, 1.54) is 6.92 Å². The Morgan fingerprint density at radius 3 is 2.88 bits per heavy atom. The summed E-state index contributed by atoms with van der Waals surface area (Å²) in [5, 5.41) is 9.84. The minimum absolute atomic E-state index is 0.272. The molecule has 3 heteroatoms. The molecule has 3 unspecified atom stereocenters. The van der Waals surface area contributed by atoms with E-state index in [1.807, 2.05) is 0 Å². The maximum atomic E-state index is 11.0. The fraction of sp³-hybridized carbons (Fsp3) is 0.769. The number of hydrogen-bond acceptors (Lipinski definition) is 3. The molecule has 0 bridgehead atoms. The summed E-state index contributed by atoms with van der Waals surface area (Å²) in [6.07, 6.45) is 9.65. The molecule has 1 saturated carbocycles. The van der Waals surface area contributed by atoms with Crippen molar-refractivity contribution in [2.24, 2.45) is 5.41 Å². The van der Waals surface area contributed by atoms with Crippen LogP contribution in [0.1, 0.15) is 45.4 Å². The highest BCUT2D eigenvalue weighted by Crippen LogP contribution is 2.46. The topological polar surface area (TPSA) is 46.5 Å². The summed E-state index contributed by atoms with van der Waals surface area (Å²) in [6, 6.07) is 0. The van der Waals surface area contributed by atoms with Crippen molar-refractivity contribution < 1.29 is 14.6 Å². The van der Waals surface area contributed by atoms with E-state index in [4.69, 9.17) is 4.74 Å². The van der Waals surface area contributed by atoms with Crippen LogP contribution in [0.25, 0.3) is 0 Å². The maximum Gasteiger partial charge on any atom is 0.302 e. The van der Waals surface area contributed by atoms with Crippen LogP contribution < -0.4 is 0 Å². The molecule has 16 heavy (non-hydrogen) atoms. The number of carbonyl (C=O) groups is 1. The van der Waals surface area contributed by atoms with Gasteiger partial charge in [-0.1, -0.05) is 12.2 Å². The molecule has 3 nitrogen and oxygen atoms in total. The van der Waals surface area contributed by atoms with E-state index in [-0.39, 0.29) is 17.5 Å². The second-order valence-electron chi connectivity index (χ2n) is 5.17. The summed E-state index contributed by atoms with van der Waals surface area (Å²) in [6.45, 7) is 1.41. The normalized spacial score (nSPS) is 38.6. The second kappa shape index (κ2) is 4.58. The van der Waals surface area contributed by atoms with Crippen molar-refractivity contribution in [3.05, 3.63) is 12.2 Å². The van der Waals surface area contributed by atoms with Gasteiger partial charge in [0.15, 0.2) is 0 Å². The van der Waals surface area contributed by atoms with Crippen LogP contribution in [0.15, 0.2) is 12.2 Å². The highest BCUT2D eigenvalue weighted by molar-refractivity contribution is 5.66. The Morgan fingerprint density at radius 2 is 2.25 bits per heavy atom. The summed E-state index contributed by atoms with van der Waals surface area (Å²) in [4.78, 5) is 11.0. The van der Waals surface area contributed by atoms with Crippen LogP contribution in [0.5, 0.6) is 0 Å². The first-order valence-corrected chi connectivity index (χ1v) is 6.12. The van der Waals surface area contributed by atoms with Gasteiger partial charge in [-0.2, -0.15) is 0 Å². The predicted molar refractivity (Wildman–Crippen MR) is 60.8 cm³/mol. The third-order valence-corrected chi connectivity index (χ3v) is 3.91. The zero-order valence-electron chi connectivity index (χ0n) is 9.82. The van der Waals surface area contributed by atoms with Gasteiger partial charge in [0.05, 0.1) is 6.10 Å². The van der Waals surface area contributed by atoms with Crippen LogP contribution in [-0.4, -0.2) is 23.3 Å². The number of esters is 1. The number of hydrogen-bond donors (Lipinski definition) is 1. The van der Waals surface area contributed by atoms with E-state index >= 15 is 0 Å². The van der Waals surface area contributed by atoms with E-state index in [0.29, 0.717) is 0 Å². The lowest BCUT2D eigenvalue weighted by Gasteiger charge is -2.43. The lowest BCUT2D eigenvalue weighted by Crippen LogP contribution is -2.42.